The monoisotopic (exact) mass is 199 g/mol. The fraction of sp³-hybridized carbons (Fsp3) is 0.900. The summed E-state index contributed by atoms with van der Waals surface area (Å²) in [4.78, 5) is 13.3. The van der Waals surface area contributed by atoms with Crippen LogP contribution in [0.2, 0.25) is 0 Å². The van der Waals surface area contributed by atoms with Gasteiger partial charge in [-0.05, 0) is 19.9 Å². The van der Waals surface area contributed by atoms with Gasteiger partial charge in [-0.25, -0.2) is 0 Å². The standard InChI is InChI=1S/C10H17NO3/c1-11-6-8(9(12)13)10(7-11)2-4-14-5-3-10/h8H,2-7H2,1H3,(H,12,13)/t8-/m0/s1. The Morgan fingerprint density at radius 1 is 1.50 bits per heavy atom. The molecule has 0 bridgehead atoms. The summed E-state index contributed by atoms with van der Waals surface area (Å²) in [5.41, 5.74) is -0.0150. The topological polar surface area (TPSA) is 49.8 Å². The Morgan fingerprint density at radius 3 is 2.71 bits per heavy atom. The third-order valence-corrected chi connectivity index (χ3v) is 3.60. The number of hydrogen-bond acceptors (Lipinski definition) is 3. The molecule has 80 valence electrons. The van der Waals surface area contributed by atoms with Crippen molar-refractivity contribution < 1.29 is 14.6 Å². The van der Waals surface area contributed by atoms with Crippen LogP contribution in [-0.4, -0.2) is 49.3 Å². The summed E-state index contributed by atoms with van der Waals surface area (Å²) < 4.78 is 5.31. The van der Waals surface area contributed by atoms with Crippen molar-refractivity contribution in [2.45, 2.75) is 12.8 Å². The molecule has 2 aliphatic rings. The summed E-state index contributed by atoms with van der Waals surface area (Å²) in [5, 5.41) is 9.18. The molecule has 2 aliphatic heterocycles. The van der Waals surface area contributed by atoms with Gasteiger partial charge >= 0.3 is 5.97 Å². The minimum absolute atomic E-state index is 0.0150. The van der Waals surface area contributed by atoms with Crippen LogP contribution < -0.4 is 0 Å². The summed E-state index contributed by atoms with van der Waals surface area (Å²) in [5.74, 6) is -0.840. The van der Waals surface area contributed by atoms with Crippen LogP contribution in [0.1, 0.15) is 12.8 Å². The van der Waals surface area contributed by atoms with Crippen LogP contribution >= 0.6 is 0 Å². The highest BCUT2D eigenvalue weighted by atomic mass is 16.5. The number of hydrogen-bond donors (Lipinski definition) is 1. The van der Waals surface area contributed by atoms with E-state index in [0.29, 0.717) is 6.54 Å². The first-order chi connectivity index (χ1) is 6.64. The van der Waals surface area contributed by atoms with E-state index in [1.165, 1.54) is 0 Å². The molecule has 0 aromatic carbocycles. The lowest BCUT2D eigenvalue weighted by molar-refractivity contribution is -0.146. The second-order valence-electron chi connectivity index (χ2n) is 4.56. The first-order valence-electron chi connectivity index (χ1n) is 5.13. The van der Waals surface area contributed by atoms with E-state index >= 15 is 0 Å². The second kappa shape index (κ2) is 3.51. The van der Waals surface area contributed by atoms with Gasteiger partial charge in [-0.2, -0.15) is 0 Å². The van der Waals surface area contributed by atoms with E-state index in [-0.39, 0.29) is 11.3 Å². The van der Waals surface area contributed by atoms with Crippen molar-refractivity contribution in [3.8, 4) is 0 Å². The number of aliphatic carboxylic acids is 1. The van der Waals surface area contributed by atoms with E-state index in [1.54, 1.807) is 0 Å². The molecule has 0 saturated carbocycles. The Balaban J connectivity index is 2.17. The average molecular weight is 199 g/mol. The molecule has 1 atom stereocenters. The lowest BCUT2D eigenvalue weighted by Crippen LogP contribution is -2.39. The average Bonchev–Trinajstić information content (AvgIpc) is 2.44. The number of carboxylic acid groups (broad SMARTS) is 1. The largest absolute Gasteiger partial charge is 0.481 e. The summed E-state index contributed by atoms with van der Waals surface area (Å²) in [6.45, 7) is 3.04. The number of carboxylic acids is 1. The molecule has 0 unspecified atom stereocenters. The zero-order valence-electron chi connectivity index (χ0n) is 8.53. The maximum atomic E-state index is 11.2. The van der Waals surface area contributed by atoms with Crippen LogP contribution in [0, 0.1) is 11.3 Å². The first kappa shape index (κ1) is 9.93. The van der Waals surface area contributed by atoms with Crippen molar-refractivity contribution in [1.82, 2.24) is 4.90 Å². The van der Waals surface area contributed by atoms with Crippen molar-refractivity contribution in [1.29, 1.82) is 0 Å². The first-order valence-corrected chi connectivity index (χ1v) is 5.13. The molecular weight excluding hydrogens is 182 g/mol. The van der Waals surface area contributed by atoms with Crippen LogP contribution in [0.4, 0.5) is 0 Å². The molecule has 0 aliphatic carbocycles. The molecule has 2 fully saturated rings. The van der Waals surface area contributed by atoms with Crippen LogP contribution in [0.15, 0.2) is 0 Å². The summed E-state index contributed by atoms with van der Waals surface area (Å²) in [6.07, 6.45) is 1.79. The predicted octanol–water partition coefficient (Wildman–Crippen LogP) is 0.429. The summed E-state index contributed by atoms with van der Waals surface area (Å²) in [7, 11) is 2.00. The third kappa shape index (κ3) is 1.53. The maximum Gasteiger partial charge on any atom is 0.308 e. The van der Waals surface area contributed by atoms with Crippen LogP contribution in [0.25, 0.3) is 0 Å². The van der Waals surface area contributed by atoms with Gasteiger partial charge in [-0.15, -0.1) is 0 Å². The van der Waals surface area contributed by atoms with Crippen molar-refractivity contribution in [3.63, 3.8) is 0 Å². The van der Waals surface area contributed by atoms with Gasteiger partial charge in [0.25, 0.3) is 0 Å². The van der Waals surface area contributed by atoms with Crippen molar-refractivity contribution in [2.24, 2.45) is 11.3 Å². The Kier molecular flexibility index (Phi) is 2.49. The van der Waals surface area contributed by atoms with E-state index in [1.807, 2.05) is 7.05 Å². The van der Waals surface area contributed by atoms with Crippen molar-refractivity contribution >= 4 is 5.97 Å². The van der Waals surface area contributed by atoms with Gasteiger partial charge in [0.2, 0.25) is 0 Å². The van der Waals surface area contributed by atoms with Crippen LogP contribution in [0.5, 0.6) is 0 Å². The molecular formula is C10H17NO3. The van der Waals surface area contributed by atoms with E-state index < -0.39 is 5.97 Å². The zero-order valence-corrected chi connectivity index (χ0v) is 8.53. The maximum absolute atomic E-state index is 11.2. The van der Waals surface area contributed by atoms with Gasteiger partial charge < -0.3 is 14.7 Å². The fourth-order valence-electron chi connectivity index (χ4n) is 2.84. The Morgan fingerprint density at radius 2 is 2.14 bits per heavy atom. The van der Waals surface area contributed by atoms with E-state index in [9.17, 15) is 9.90 Å². The quantitative estimate of drug-likeness (QED) is 0.665. The molecule has 1 N–H and O–H groups in total. The molecule has 4 heteroatoms. The predicted molar refractivity (Wildman–Crippen MR) is 51.1 cm³/mol. The Hall–Kier alpha value is -0.610. The van der Waals surface area contributed by atoms with E-state index in [0.717, 1.165) is 32.6 Å². The third-order valence-electron chi connectivity index (χ3n) is 3.60. The number of carbonyl (C=O) groups is 1. The number of nitrogens with zero attached hydrogens (tertiary/aromatic N) is 1. The minimum Gasteiger partial charge on any atom is -0.481 e. The number of likely N-dealkylation sites (tertiary alicyclic amines) is 1. The molecule has 0 aromatic rings. The highest BCUT2D eigenvalue weighted by molar-refractivity contribution is 5.72. The molecule has 0 aromatic heterocycles. The number of rotatable bonds is 1. The molecule has 2 heterocycles. The molecule has 0 radical (unpaired) electrons. The molecule has 14 heavy (non-hydrogen) atoms. The van der Waals surface area contributed by atoms with Crippen LogP contribution in [0.3, 0.4) is 0 Å². The normalized spacial score (nSPS) is 32.2. The van der Waals surface area contributed by atoms with Crippen LogP contribution in [-0.2, 0) is 9.53 Å². The lowest BCUT2D eigenvalue weighted by atomic mass is 9.72. The fourth-order valence-corrected chi connectivity index (χ4v) is 2.84. The lowest BCUT2D eigenvalue weighted by Gasteiger charge is -2.36. The molecule has 2 rings (SSSR count). The molecule has 4 nitrogen and oxygen atoms in total. The second-order valence-corrected chi connectivity index (χ2v) is 4.56. The minimum atomic E-state index is -0.642. The number of ether oxygens (including phenoxy) is 1. The van der Waals surface area contributed by atoms with Gasteiger partial charge in [0.1, 0.15) is 0 Å². The van der Waals surface area contributed by atoms with Gasteiger partial charge in [0, 0.05) is 31.7 Å². The highest BCUT2D eigenvalue weighted by Gasteiger charge is 2.49. The van der Waals surface area contributed by atoms with Crippen molar-refractivity contribution in [3.05, 3.63) is 0 Å². The molecule has 1 spiro atoms. The zero-order chi connectivity index (χ0) is 10.2. The smallest absolute Gasteiger partial charge is 0.308 e. The van der Waals surface area contributed by atoms with Gasteiger partial charge in [0.05, 0.1) is 5.92 Å². The summed E-state index contributed by atoms with van der Waals surface area (Å²) >= 11 is 0. The highest BCUT2D eigenvalue weighted by Crippen LogP contribution is 2.43. The van der Waals surface area contributed by atoms with Gasteiger partial charge in [-0.3, -0.25) is 4.79 Å². The van der Waals surface area contributed by atoms with Gasteiger partial charge in [0.15, 0.2) is 0 Å². The summed E-state index contributed by atoms with van der Waals surface area (Å²) in [6, 6.07) is 0. The Labute approximate surface area is 83.8 Å². The van der Waals surface area contributed by atoms with E-state index in [4.69, 9.17) is 4.74 Å². The van der Waals surface area contributed by atoms with Crippen molar-refractivity contribution in [2.75, 3.05) is 33.4 Å². The molecule has 2 saturated heterocycles. The molecule has 0 amide bonds. The van der Waals surface area contributed by atoms with E-state index in [2.05, 4.69) is 4.90 Å². The SMILES string of the molecule is CN1C[C@@H](C(=O)O)C2(CCOCC2)C1. The van der Waals surface area contributed by atoms with Gasteiger partial charge in [-0.1, -0.05) is 0 Å². The Bertz CT molecular complexity index is 236.